The summed E-state index contributed by atoms with van der Waals surface area (Å²) in [5.41, 5.74) is 3.05. The van der Waals surface area contributed by atoms with Crippen LogP contribution in [-0.4, -0.2) is 26.3 Å². The molecule has 20 heavy (non-hydrogen) atoms. The second-order valence-corrected chi connectivity index (χ2v) is 5.67. The third-order valence-corrected chi connectivity index (χ3v) is 4.04. The molecule has 0 saturated carbocycles. The Morgan fingerprint density at radius 3 is 2.90 bits per heavy atom. The highest BCUT2D eigenvalue weighted by Crippen LogP contribution is 2.22. The molecule has 0 spiro atoms. The molecule has 1 unspecified atom stereocenters. The van der Waals surface area contributed by atoms with E-state index in [0.717, 1.165) is 48.2 Å². The standard InChI is InChI=1S/C15H18ClN3O/c1-11(20)15-8-13-10-18(6-7-19(13)17-15)9-12-4-2-3-5-14(12)16/h2-5,8,11,20H,6-7,9-10H2,1H3. The van der Waals surface area contributed by atoms with Gasteiger partial charge in [-0.1, -0.05) is 29.8 Å². The van der Waals surface area contributed by atoms with Gasteiger partial charge in [-0.15, -0.1) is 0 Å². The molecule has 0 bridgehead atoms. The molecule has 2 aromatic rings. The first kappa shape index (κ1) is 13.6. The molecule has 3 rings (SSSR count). The average molecular weight is 292 g/mol. The van der Waals surface area contributed by atoms with Crippen LogP contribution in [0.25, 0.3) is 0 Å². The van der Waals surface area contributed by atoms with E-state index in [2.05, 4.69) is 16.1 Å². The van der Waals surface area contributed by atoms with E-state index in [1.807, 2.05) is 28.9 Å². The summed E-state index contributed by atoms with van der Waals surface area (Å²) in [5, 5.41) is 14.8. The summed E-state index contributed by atoms with van der Waals surface area (Å²) in [5.74, 6) is 0. The van der Waals surface area contributed by atoms with Crippen LogP contribution in [0.15, 0.2) is 30.3 Å². The monoisotopic (exact) mass is 291 g/mol. The van der Waals surface area contributed by atoms with Crippen LogP contribution in [0.4, 0.5) is 0 Å². The number of nitrogens with zero attached hydrogens (tertiary/aromatic N) is 3. The highest BCUT2D eigenvalue weighted by atomic mass is 35.5. The molecule has 1 aliphatic heterocycles. The van der Waals surface area contributed by atoms with E-state index in [0.29, 0.717) is 0 Å². The Morgan fingerprint density at radius 2 is 2.15 bits per heavy atom. The van der Waals surface area contributed by atoms with E-state index in [4.69, 9.17) is 11.6 Å². The van der Waals surface area contributed by atoms with Crippen molar-refractivity contribution in [2.24, 2.45) is 0 Å². The largest absolute Gasteiger partial charge is 0.387 e. The SMILES string of the molecule is CC(O)c1cc2n(n1)CCN(Cc1ccccc1Cl)C2. The normalized spacial score (nSPS) is 16.9. The average Bonchev–Trinajstić information content (AvgIpc) is 2.85. The molecule has 1 atom stereocenters. The van der Waals surface area contributed by atoms with Gasteiger partial charge in [-0.3, -0.25) is 9.58 Å². The molecule has 0 amide bonds. The Kier molecular flexibility index (Phi) is 3.78. The minimum Gasteiger partial charge on any atom is -0.387 e. The summed E-state index contributed by atoms with van der Waals surface area (Å²) in [4.78, 5) is 2.35. The lowest BCUT2D eigenvalue weighted by molar-refractivity contribution is 0.189. The van der Waals surface area contributed by atoms with E-state index in [1.54, 1.807) is 6.92 Å². The summed E-state index contributed by atoms with van der Waals surface area (Å²) in [6, 6.07) is 9.95. The van der Waals surface area contributed by atoms with Crippen molar-refractivity contribution < 1.29 is 5.11 Å². The number of aliphatic hydroxyl groups excluding tert-OH is 1. The second-order valence-electron chi connectivity index (χ2n) is 5.26. The zero-order chi connectivity index (χ0) is 14.1. The summed E-state index contributed by atoms with van der Waals surface area (Å²) in [7, 11) is 0. The minimum atomic E-state index is -0.509. The molecule has 4 nitrogen and oxygen atoms in total. The van der Waals surface area contributed by atoms with Gasteiger partial charge in [0.05, 0.1) is 24.0 Å². The van der Waals surface area contributed by atoms with Crippen LogP contribution in [0.1, 0.15) is 30.0 Å². The highest BCUT2D eigenvalue weighted by molar-refractivity contribution is 6.31. The fourth-order valence-corrected chi connectivity index (χ4v) is 2.74. The predicted molar refractivity (Wildman–Crippen MR) is 78.4 cm³/mol. The molecule has 1 aromatic heterocycles. The zero-order valence-electron chi connectivity index (χ0n) is 11.5. The Bertz CT molecular complexity index is 609. The lowest BCUT2D eigenvalue weighted by Gasteiger charge is -2.27. The number of hydrogen-bond acceptors (Lipinski definition) is 3. The van der Waals surface area contributed by atoms with E-state index in [1.165, 1.54) is 0 Å². The number of aliphatic hydroxyl groups is 1. The van der Waals surface area contributed by atoms with Gasteiger partial charge in [-0.2, -0.15) is 5.10 Å². The maximum Gasteiger partial charge on any atom is 0.0950 e. The van der Waals surface area contributed by atoms with Crippen LogP contribution in [0.5, 0.6) is 0 Å². The van der Waals surface area contributed by atoms with Crippen molar-refractivity contribution in [3.8, 4) is 0 Å². The number of fused-ring (bicyclic) bond motifs is 1. The van der Waals surface area contributed by atoms with Crippen molar-refractivity contribution in [3.05, 3.63) is 52.3 Å². The molecule has 2 heterocycles. The lowest BCUT2D eigenvalue weighted by atomic mass is 10.2. The Balaban J connectivity index is 1.74. The topological polar surface area (TPSA) is 41.3 Å². The molecule has 1 aliphatic rings. The van der Waals surface area contributed by atoms with Crippen molar-refractivity contribution in [1.29, 1.82) is 0 Å². The van der Waals surface area contributed by atoms with Crippen LogP contribution in [0.3, 0.4) is 0 Å². The van der Waals surface area contributed by atoms with E-state index < -0.39 is 6.10 Å². The van der Waals surface area contributed by atoms with Gasteiger partial charge in [-0.05, 0) is 24.6 Å². The van der Waals surface area contributed by atoms with Crippen LogP contribution in [-0.2, 0) is 19.6 Å². The first-order valence-electron chi connectivity index (χ1n) is 6.84. The van der Waals surface area contributed by atoms with Gasteiger partial charge in [0.2, 0.25) is 0 Å². The number of benzene rings is 1. The summed E-state index contributed by atoms with van der Waals surface area (Å²) < 4.78 is 1.99. The third kappa shape index (κ3) is 2.73. The van der Waals surface area contributed by atoms with Gasteiger partial charge < -0.3 is 5.11 Å². The van der Waals surface area contributed by atoms with Crippen molar-refractivity contribution in [2.75, 3.05) is 6.54 Å². The van der Waals surface area contributed by atoms with Crippen molar-refractivity contribution >= 4 is 11.6 Å². The Morgan fingerprint density at radius 1 is 1.35 bits per heavy atom. The quantitative estimate of drug-likeness (QED) is 0.945. The van der Waals surface area contributed by atoms with Crippen LogP contribution in [0.2, 0.25) is 5.02 Å². The van der Waals surface area contributed by atoms with Crippen molar-refractivity contribution in [3.63, 3.8) is 0 Å². The number of aromatic nitrogens is 2. The van der Waals surface area contributed by atoms with E-state index in [9.17, 15) is 5.11 Å². The van der Waals surface area contributed by atoms with E-state index in [-0.39, 0.29) is 0 Å². The van der Waals surface area contributed by atoms with E-state index >= 15 is 0 Å². The first-order valence-corrected chi connectivity index (χ1v) is 7.22. The fraction of sp³-hybridized carbons (Fsp3) is 0.400. The molecule has 0 radical (unpaired) electrons. The highest BCUT2D eigenvalue weighted by Gasteiger charge is 2.20. The van der Waals surface area contributed by atoms with Gasteiger partial charge in [0.25, 0.3) is 0 Å². The number of hydrogen-bond donors (Lipinski definition) is 1. The lowest BCUT2D eigenvalue weighted by Crippen LogP contribution is -2.33. The smallest absolute Gasteiger partial charge is 0.0950 e. The Labute approximate surface area is 123 Å². The molecular weight excluding hydrogens is 274 g/mol. The third-order valence-electron chi connectivity index (χ3n) is 3.68. The molecular formula is C15H18ClN3O. The summed E-state index contributed by atoms with van der Waals surface area (Å²) in [6.45, 7) is 5.22. The van der Waals surface area contributed by atoms with Crippen molar-refractivity contribution in [2.45, 2.75) is 32.7 Å². The second kappa shape index (κ2) is 5.56. The minimum absolute atomic E-state index is 0.509. The molecule has 0 saturated heterocycles. The van der Waals surface area contributed by atoms with Gasteiger partial charge in [-0.25, -0.2) is 0 Å². The number of rotatable bonds is 3. The van der Waals surface area contributed by atoms with Crippen LogP contribution in [0, 0.1) is 0 Å². The molecule has 0 aliphatic carbocycles. The number of halogens is 1. The maximum atomic E-state index is 9.60. The first-order chi connectivity index (χ1) is 9.63. The summed E-state index contributed by atoms with van der Waals surface area (Å²) >= 11 is 6.21. The Hall–Kier alpha value is -1.36. The fourth-order valence-electron chi connectivity index (χ4n) is 2.55. The molecule has 1 aromatic carbocycles. The molecule has 1 N–H and O–H groups in total. The van der Waals surface area contributed by atoms with Gasteiger partial charge in [0, 0.05) is 24.7 Å². The predicted octanol–water partition coefficient (Wildman–Crippen LogP) is 2.61. The van der Waals surface area contributed by atoms with Crippen LogP contribution >= 0.6 is 11.6 Å². The summed E-state index contributed by atoms with van der Waals surface area (Å²) in [6.07, 6.45) is -0.509. The molecule has 5 heteroatoms. The maximum absolute atomic E-state index is 9.60. The molecule has 106 valence electrons. The van der Waals surface area contributed by atoms with Gasteiger partial charge in [0.15, 0.2) is 0 Å². The van der Waals surface area contributed by atoms with Crippen LogP contribution < -0.4 is 0 Å². The molecule has 0 fully saturated rings. The van der Waals surface area contributed by atoms with Crippen molar-refractivity contribution in [1.82, 2.24) is 14.7 Å². The van der Waals surface area contributed by atoms with Gasteiger partial charge >= 0.3 is 0 Å². The zero-order valence-corrected chi connectivity index (χ0v) is 12.2. The van der Waals surface area contributed by atoms with Gasteiger partial charge in [0.1, 0.15) is 0 Å².